The van der Waals surface area contributed by atoms with Gasteiger partial charge in [0, 0.05) is 17.3 Å². The van der Waals surface area contributed by atoms with E-state index in [4.69, 9.17) is 0 Å². The van der Waals surface area contributed by atoms with Crippen LogP contribution in [-0.4, -0.2) is 26.5 Å². The van der Waals surface area contributed by atoms with Gasteiger partial charge in [0.05, 0.1) is 6.42 Å². The minimum Gasteiger partial charge on any atom is -0.349 e. The highest BCUT2D eigenvalue weighted by Crippen LogP contribution is 2.23. The number of rotatable bonds is 7. The van der Waals surface area contributed by atoms with Crippen molar-refractivity contribution in [1.29, 1.82) is 0 Å². The molecule has 0 bridgehead atoms. The Bertz CT molecular complexity index is 833. The highest BCUT2D eigenvalue weighted by atomic mass is 32.2. The van der Waals surface area contributed by atoms with Gasteiger partial charge in [0.2, 0.25) is 0 Å². The van der Waals surface area contributed by atoms with E-state index in [1.54, 1.807) is 18.4 Å². The summed E-state index contributed by atoms with van der Waals surface area (Å²) in [7, 11) is -3.70. The summed E-state index contributed by atoms with van der Waals surface area (Å²) in [5, 5.41) is 3.97. The number of thiophene rings is 1. The van der Waals surface area contributed by atoms with Gasteiger partial charge in [-0.25, -0.2) is 8.42 Å². The van der Waals surface area contributed by atoms with Gasteiger partial charge < -0.3 is 5.32 Å². The van der Waals surface area contributed by atoms with E-state index in [0.717, 1.165) is 11.3 Å². The largest absolute Gasteiger partial charge is 0.391 e. The summed E-state index contributed by atoms with van der Waals surface area (Å²) >= 11 is 1.06. The van der Waals surface area contributed by atoms with Crippen LogP contribution in [0.15, 0.2) is 46.0 Å². The van der Waals surface area contributed by atoms with Crippen molar-refractivity contribution < 1.29 is 26.4 Å². The zero-order valence-electron chi connectivity index (χ0n) is 13.7. The van der Waals surface area contributed by atoms with Crippen LogP contribution in [0, 0.1) is 0 Å². The van der Waals surface area contributed by atoms with Gasteiger partial charge in [-0.1, -0.05) is 13.0 Å². The molecule has 0 aliphatic carbocycles. The number of sulfonamides is 1. The second kappa shape index (κ2) is 8.09. The predicted molar refractivity (Wildman–Crippen MR) is 93.8 cm³/mol. The van der Waals surface area contributed by atoms with Crippen LogP contribution >= 0.6 is 11.3 Å². The molecular weight excluding hydrogens is 389 g/mol. The van der Waals surface area contributed by atoms with Gasteiger partial charge in [-0.3, -0.25) is 9.52 Å². The maximum atomic E-state index is 12.5. The molecule has 1 unspecified atom stereocenters. The number of benzene rings is 1. The molecule has 2 N–H and O–H groups in total. The second-order valence-electron chi connectivity index (χ2n) is 5.51. The van der Waals surface area contributed by atoms with Gasteiger partial charge in [-0.2, -0.15) is 13.2 Å². The number of hydrogen-bond donors (Lipinski definition) is 2. The van der Waals surface area contributed by atoms with Gasteiger partial charge in [-0.15, -0.1) is 11.3 Å². The van der Waals surface area contributed by atoms with E-state index in [9.17, 15) is 26.4 Å². The zero-order valence-corrected chi connectivity index (χ0v) is 15.3. The van der Waals surface area contributed by atoms with E-state index in [2.05, 4.69) is 10.0 Å². The molecule has 0 aliphatic heterocycles. The van der Waals surface area contributed by atoms with Crippen LogP contribution in [0.2, 0.25) is 0 Å². The number of carbonyl (C=O) groups excluding carboxylic acids is 1. The van der Waals surface area contributed by atoms with Crippen molar-refractivity contribution in [3.63, 3.8) is 0 Å². The molecule has 2 rings (SSSR count). The highest BCUT2D eigenvalue weighted by molar-refractivity contribution is 7.94. The Morgan fingerprint density at radius 1 is 1.19 bits per heavy atom. The van der Waals surface area contributed by atoms with Gasteiger partial charge >= 0.3 is 6.18 Å². The van der Waals surface area contributed by atoms with E-state index >= 15 is 0 Å². The van der Waals surface area contributed by atoms with Crippen molar-refractivity contribution in [2.45, 2.75) is 36.2 Å². The highest BCUT2D eigenvalue weighted by Gasteiger charge is 2.31. The summed E-state index contributed by atoms with van der Waals surface area (Å²) in [6.45, 7) is 1.55. The van der Waals surface area contributed by atoms with Crippen LogP contribution < -0.4 is 10.0 Å². The van der Waals surface area contributed by atoms with Gasteiger partial charge in [0.25, 0.3) is 15.9 Å². The molecular formula is C16H17F3N2O3S2. The van der Waals surface area contributed by atoms with Crippen LogP contribution in [0.25, 0.3) is 0 Å². The Kier molecular flexibility index (Phi) is 6.30. The number of amides is 1. The van der Waals surface area contributed by atoms with Gasteiger partial charge in [0.1, 0.15) is 4.21 Å². The summed E-state index contributed by atoms with van der Waals surface area (Å²) < 4.78 is 64.1. The van der Waals surface area contributed by atoms with E-state index in [1.165, 1.54) is 30.3 Å². The molecule has 0 fully saturated rings. The molecule has 0 aliphatic rings. The van der Waals surface area contributed by atoms with E-state index in [0.29, 0.717) is 0 Å². The Morgan fingerprint density at radius 3 is 2.35 bits per heavy atom. The fourth-order valence-corrected chi connectivity index (χ4v) is 4.21. The number of carbonyl (C=O) groups is 1. The molecule has 0 spiro atoms. The number of nitrogens with one attached hydrogen (secondary N) is 2. The van der Waals surface area contributed by atoms with Crippen molar-refractivity contribution in [3.05, 3.63) is 47.3 Å². The molecule has 1 aromatic carbocycles. The standard InChI is InChI=1S/C16H17F3N2O3S2/c1-2-12(10-16(17,18)19)20-15(22)11-5-7-13(8-6-11)21-26(23,24)14-4-3-9-25-14/h3-9,12,21H,2,10H2,1H3,(H,20,22). The lowest BCUT2D eigenvalue weighted by Gasteiger charge is -2.18. The number of alkyl halides is 3. The second-order valence-corrected chi connectivity index (χ2v) is 8.37. The Balaban J connectivity index is 2.03. The maximum absolute atomic E-state index is 12.5. The van der Waals surface area contributed by atoms with Gasteiger partial charge in [0.15, 0.2) is 0 Å². The van der Waals surface area contributed by atoms with Crippen molar-refractivity contribution in [2.24, 2.45) is 0 Å². The molecule has 1 heterocycles. The summed E-state index contributed by atoms with van der Waals surface area (Å²) in [6, 6.07) is 7.51. The number of anilines is 1. The smallest absolute Gasteiger partial charge is 0.349 e. The minimum absolute atomic E-state index is 0.143. The van der Waals surface area contributed by atoms with Crippen LogP contribution in [0.3, 0.4) is 0 Å². The lowest BCUT2D eigenvalue weighted by molar-refractivity contribution is -0.139. The van der Waals surface area contributed by atoms with Crippen molar-refractivity contribution >= 4 is 33.0 Å². The minimum atomic E-state index is -4.36. The third kappa shape index (κ3) is 5.73. The Morgan fingerprint density at radius 2 is 1.85 bits per heavy atom. The van der Waals surface area contributed by atoms with Crippen LogP contribution in [0.5, 0.6) is 0 Å². The number of hydrogen-bond acceptors (Lipinski definition) is 4. The first-order valence-electron chi connectivity index (χ1n) is 7.65. The third-order valence-corrected chi connectivity index (χ3v) is 6.24. The fourth-order valence-electron chi connectivity index (χ4n) is 2.16. The average Bonchev–Trinajstić information content (AvgIpc) is 3.08. The molecule has 1 amide bonds. The van der Waals surface area contributed by atoms with Crippen LogP contribution in [0.1, 0.15) is 30.1 Å². The monoisotopic (exact) mass is 406 g/mol. The normalized spacial score (nSPS) is 13.2. The molecule has 1 aromatic heterocycles. The Hall–Kier alpha value is -2.07. The molecule has 0 saturated carbocycles. The quantitative estimate of drug-likeness (QED) is 0.730. The van der Waals surface area contributed by atoms with Crippen molar-refractivity contribution in [2.75, 3.05) is 4.72 Å². The molecule has 0 radical (unpaired) electrons. The lowest BCUT2D eigenvalue weighted by atomic mass is 10.1. The molecule has 0 saturated heterocycles. The fraction of sp³-hybridized carbons (Fsp3) is 0.312. The van der Waals surface area contributed by atoms with Crippen molar-refractivity contribution in [3.8, 4) is 0 Å². The first kappa shape index (κ1) is 20.2. The SMILES string of the molecule is CCC(CC(F)(F)F)NC(=O)c1ccc(NS(=O)(=O)c2cccs2)cc1. The molecule has 10 heteroatoms. The summed E-state index contributed by atoms with van der Waals surface area (Å²) in [6.07, 6.45) is -5.32. The van der Waals surface area contributed by atoms with Crippen LogP contribution in [0.4, 0.5) is 18.9 Å². The average molecular weight is 406 g/mol. The molecule has 142 valence electrons. The summed E-state index contributed by atoms with van der Waals surface area (Å²) in [5.74, 6) is -0.645. The zero-order chi connectivity index (χ0) is 19.4. The molecule has 26 heavy (non-hydrogen) atoms. The Labute approximate surface area is 153 Å². The number of halogens is 3. The first-order chi connectivity index (χ1) is 12.1. The van der Waals surface area contributed by atoms with E-state index in [-0.39, 0.29) is 21.9 Å². The van der Waals surface area contributed by atoms with Crippen molar-refractivity contribution in [1.82, 2.24) is 5.32 Å². The van der Waals surface area contributed by atoms with E-state index < -0.39 is 34.6 Å². The lowest BCUT2D eigenvalue weighted by Crippen LogP contribution is -2.37. The topological polar surface area (TPSA) is 75.3 Å². The summed E-state index contributed by atoms with van der Waals surface area (Å²) in [5.41, 5.74) is 0.391. The first-order valence-corrected chi connectivity index (χ1v) is 10.0. The molecule has 5 nitrogen and oxygen atoms in total. The van der Waals surface area contributed by atoms with Crippen LogP contribution in [-0.2, 0) is 10.0 Å². The van der Waals surface area contributed by atoms with E-state index in [1.807, 2.05) is 0 Å². The molecule has 2 aromatic rings. The van der Waals surface area contributed by atoms with Gasteiger partial charge in [-0.05, 0) is 42.1 Å². The summed E-state index contributed by atoms with van der Waals surface area (Å²) in [4.78, 5) is 12.1. The third-order valence-electron chi connectivity index (χ3n) is 3.47. The predicted octanol–water partition coefficient (Wildman–Crippen LogP) is 4.01. The molecule has 1 atom stereocenters. The maximum Gasteiger partial charge on any atom is 0.391 e.